The predicted molar refractivity (Wildman–Crippen MR) is 77.4 cm³/mol. The van der Waals surface area contributed by atoms with Crippen LogP contribution in [0.25, 0.3) is 0 Å². The molecule has 1 saturated carbocycles. The van der Waals surface area contributed by atoms with Crippen molar-refractivity contribution in [1.82, 2.24) is 10.2 Å². The van der Waals surface area contributed by atoms with E-state index in [1.807, 2.05) is 0 Å². The van der Waals surface area contributed by atoms with Crippen molar-refractivity contribution in [2.45, 2.75) is 63.6 Å². The first-order chi connectivity index (χ1) is 9.29. The molecule has 2 N–H and O–H groups in total. The molecule has 1 saturated heterocycles. The van der Waals surface area contributed by atoms with E-state index < -0.39 is 0 Å². The van der Waals surface area contributed by atoms with E-state index in [2.05, 4.69) is 17.1 Å². The van der Waals surface area contributed by atoms with Gasteiger partial charge in [0.15, 0.2) is 0 Å². The summed E-state index contributed by atoms with van der Waals surface area (Å²) < 4.78 is 5.51. The normalized spacial score (nSPS) is 25.1. The Hall–Kier alpha value is -0.160. The number of aliphatic hydroxyl groups is 1. The molecule has 2 atom stereocenters. The third kappa shape index (κ3) is 5.78. The van der Waals surface area contributed by atoms with E-state index in [4.69, 9.17) is 4.74 Å². The van der Waals surface area contributed by atoms with Gasteiger partial charge in [0.2, 0.25) is 0 Å². The molecule has 1 aliphatic heterocycles. The van der Waals surface area contributed by atoms with Crippen LogP contribution < -0.4 is 5.32 Å². The maximum Gasteiger partial charge on any atom is 0.0900 e. The third-order valence-corrected chi connectivity index (χ3v) is 4.08. The molecule has 1 aliphatic carbocycles. The van der Waals surface area contributed by atoms with Gasteiger partial charge in [0.25, 0.3) is 0 Å². The zero-order valence-electron chi connectivity index (χ0n) is 12.3. The van der Waals surface area contributed by atoms with E-state index in [-0.39, 0.29) is 6.10 Å². The largest absolute Gasteiger partial charge is 0.389 e. The highest BCUT2D eigenvalue weighted by Gasteiger charge is 2.32. The van der Waals surface area contributed by atoms with E-state index in [9.17, 15) is 5.11 Å². The van der Waals surface area contributed by atoms with Gasteiger partial charge in [-0.1, -0.05) is 13.3 Å². The minimum atomic E-state index is -0.334. The topological polar surface area (TPSA) is 44.7 Å². The predicted octanol–water partition coefficient (Wildman–Crippen LogP) is 1.38. The van der Waals surface area contributed by atoms with Crippen LogP contribution in [0, 0.1) is 0 Å². The van der Waals surface area contributed by atoms with Crippen LogP contribution >= 0.6 is 0 Å². The molecule has 4 heteroatoms. The van der Waals surface area contributed by atoms with Gasteiger partial charge in [-0.25, -0.2) is 0 Å². The lowest BCUT2D eigenvalue weighted by Gasteiger charge is -2.27. The standard InChI is InChI=1S/C15H30N2O2/c1-2-3-9-19-12-15(18)11-17(14-6-7-14)10-13-5-4-8-16-13/h13-16,18H,2-12H2,1H3. The monoisotopic (exact) mass is 270 g/mol. The lowest BCUT2D eigenvalue weighted by Crippen LogP contribution is -2.43. The summed E-state index contributed by atoms with van der Waals surface area (Å²) in [4.78, 5) is 2.47. The van der Waals surface area contributed by atoms with Crippen molar-refractivity contribution in [1.29, 1.82) is 0 Å². The summed E-state index contributed by atoms with van der Waals surface area (Å²) in [6.45, 7) is 6.45. The molecule has 0 radical (unpaired) electrons. The Labute approximate surface area is 117 Å². The smallest absolute Gasteiger partial charge is 0.0900 e. The number of ether oxygens (including phenoxy) is 1. The Morgan fingerprint density at radius 1 is 1.37 bits per heavy atom. The second-order valence-corrected chi connectivity index (χ2v) is 6.06. The number of unbranched alkanes of at least 4 members (excludes halogenated alkanes) is 1. The fourth-order valence-electron chi connectivity index (χ4n) is 2.80. The number of nitrogens with one attached hydrogen (secondary N) is 1. The summed E-state index contributed by atoms with van der Waals surface area (Å²) in [7, 11) is 0. The second kappa shape index (κ2) is 8.20. The van der Waals surface area contributed by atoms with Gasteiger partial charge in [0.1, 0.15) is 0 Å². The summed E-state index contributed by atoms with van der Waals surface area (Å²) in [5, 5.41) is 13.6. The van der Waals surface area contributed by atoms with Gasteiger partial charge in [-0.2, -0.15) is 0 Å². The molecule has 2 aliphatic rings. The Morgan fingerprint density at radius 3 is 2.84 bits per heavy atom. The maximum atomic E-state index is 10.1. The van der Waals surface area contributed by atoms with Crippen LogP contribution in [0.1, 0.15) is 45.4 Å². The fourth-order valence-corrected chi connectivity index (χ4v) is 2.80. The molecule has 112 valence electrons. The van der Waals surface area contributed by atoms with E-state index in [0.29, 0.717) is 18.7 Å². The summed E-state index contributed by atoms with van der Waals surface area (Å²) in [6, 6.07) is 1.35. The van der Waals surface area contributed by atoms with E-state index in [1.165, 1.54) is 25.7 Å². The Bertz CT molecular complexity index is 240. The number of hydrogen-bond acceptors (Lipinski definition) is 4. The first-order valence-electron chi connectivity index (χ1n) is 8.03. The summed E-state index contributed by atoms with van der Waals surface area (Å²) in [6.07, 6.45) is 7.09. The molecular formula is C15H30N2O2. The highest BCUT2D eigenvalue weighted by molar-refractivity contribution is 4.89. The van der Waals surface area contributed by atoms with Crippen LogP contribution in [0.4, 0.5) is 0 Å². The third-order valence-electron chi connectivity index (χ3n) is 4.08. The Morgan fingerprint density at radius 2 is 2.21 bits per heavy atom. The number of hydrogen-bond donors (Lipinski definition) is 2. The second-order valence-electron chi connectivity index (χ2n) is 6.06. The fraction of sp³-hybridized carbons (Fsp3) is 1.00. The van der Waals surface area contributed by atoms with Crippen LogP contribution in [-0.2, 0) is 4.74 Å². The number of nitrogens with zero attached hydrogens (tertiary/aromatic N) is 1. The maximum absolute atomic E-state index is 10.1. The molecule has 0 amide bonds. The van der Waals surface area contributed by atoms with E-state index in [0.717, 1.165) is 39.1 Å². The summed E-state index contributed by atoms with van der Waals surface area (Å²) in [5.74, 6) is 0. The van der Waals surface area contributed by atoms with Crippen molar-refractivity contribution >= 4 is 0 Å². The van der Waals surface area contributed by atoms with Gasteiger partial charge in [0, 0.05) is 31.8 Å². The number of rotatable bonds is 10. The van der Waals surface area contributed by atoms with Crippen LogP contribution in [0.5, 0.6) is 0 Å². The molecule has 0 aromatic carbocycles. The minimum Gasteiger partial charge on any atom is -0.389 e. The van der Waals surface area contributed by atoms with Crippen LogP contribution in [0.15, 0.2) is 0 Å². The molecule has 19 heavy (non-hydrogen) atoms. The highest BCUT2D eigenvalue weighted by atomic mass is 16.5. The van der Waals surface area contributed by atoms with Crippen molar-refractivity contribution < 1.29 is 9.84 Å². The van der Waals surface area contributed by atoms with Gasteiger partial charge >= 0.3 is 0 Å². The van der Waals surface area contributed by atoms with Gasteiger partial charge < -0.3 is 15.2 Å². The average Bonchev–Trinajstić information content (AvgIpc) is 3.13. The molecule has 0 aromatic heterocycles. The molecule has 2 rings (SSSR count). The minimum absolute atomic E-state index is 0.334. The van der Waals surface area contributed by atoms with Crippen LogP contribution in [-0.4, -0.2) is 61.0 Å². The van der Waals surface area contributed by atoms with Gasteiger partial charge in [0.05, 0.1) is 12.7 Å². The summed E-state index contributed by atoms with van der Waals surface area (Å²) in [5.41, 5.74) is 0. The molecule has 4 nitrogen and oxygen atoms in total. The Kier molecular flexibility index (Phi) is 6.57. The zero-order chi connectivity index (χ0) is 13.5. The van der Waals surface area contributed by atoms with E-state index in [1.54, 1.807) is 0 Å². The average molecular weight is 270 g/mol. The molecule has 0 spiro atoms. The first kappa shape index (κ1) is 15.2. The van der Waals surface area contributed by atoms with Gasteiger partial charge in [-0.3, -0.25) is 4.90 Å². The van der Waals surface area contributed by atoms with Crippen molar-refractivity contribution in [2.24, 2.45) is 0 Å². The lowest BCUT2D eigenvalue weighted by molar-refractivity contribution is 0.0130. The SMILES string of the molecule is CCCCOCC(O)CN(CC1CCCN1)C1CC1. The van der Waals surface area contributed by atoms with Crippen LogP contribution in [0.3, 0.4) is 0 Å². The number of aliphatic hydroxyl groups excluding tert-OH is 1. The zero-order valence-corrected chi connectivity index (χ0v) is 12.3. The molecule has 2 unspecified atom stereocenters. The molecule has 0 aromatic rings. The first-order valence-corrected chi connectivity index (χ1v) is 8.03. The van der Waals surface area contributed by atoms with Crippen LogP contribution in [0.2, 0.25) is 0 Å². The van der Waals surface area contributed by atoms with Gasteiger partial charge in [-0.05, 0) is 38.6 Å². The lowest BCUT2D eigenvalue weighted by atomic mass is 10.2. The molecule has 2 fully saturated rings. The van der Waals surface area contributed by atoms with Crippen molar-refractivity contribution in [3.8, 4) is 0 Å². The highest BCUT2D eigenvalue weighted by Crippen LogP contribution is 2.27. The quantitative estimate of drug-likeness (QED) is 0.589. The molecular weight excluding hydrogens is 240 g/mol. The van der Waals surface area contributed by atoms with Crippen molar-refractivity contribution in [3.05, 3.63) is 0 Å². The Balaban J connectivity index is 1.64. The van der Waals surface area contributed by atoms with Crippen molar-refractivity contribution in [3.63, 3.8) is 0 Å². The van der Waals surface area contributed by atoms with Gasteiger partial charge in [-0.15, -0.1) is 0 Å². The molecule has 0 bridgehead atoms. The summed E-state index contributed by atoms with van der Waals surface area (Å²) >= 11 is 0. The molecule has 1 heterocycles. The van der Waals surface area contributed by atoms with E-state index >= 15 is 0 Å². The van der Waals surface area contributed by atoms with Crippen molar-refractivity contribution in [2.75, 3.05) is 32.8 Å².